The number of amides is 1. The molecule has 1 N–H and O–H groups in total. The van der Waals surface area contributed by atoms with Gasteiger partial charge in [-0.05, 0) is 42.9 Å². The third-order valence-electron chi connectivity index (χ3n) is 4.54. The summed E-state index contributed by atoms with van der Waals surface area (Å²) in [6, 6.07) is 14.0. The van der Waals surface area contributed by atoms with E-state index in [0.717, 1.165) is 56.6 Å². The van der Waals surface area contributed by atoms with Gasteiger partial charge >= 0.3 is 0 Å². The van der Waals surface area contributed by atoms with Crippen molar-refractivity contribution in [1.29, 1.82) is 0 Å². The summed E-state index contributed by atoms with van der Waals surface area (Å²) >= 11 is 0. The summed E-state index contributed by atoms with van der Waals surface area (Å²) in [5, 5.41) is 5.31. The lowest BCUT2D eigenvalue weighted by Crippen LogP contribution is -2.45. The number of carbonyl (C=O) groups is 1. The Bertz CT molecular complexity index is 662. The number of nitrogens with zero attached hydrogens (tertiary/aromatic N) is 2. The highest BCUT2D eigenvalue weighted by atomic mass is 16.1. The van der Waals surface area contributed by atoms with Crippen LogP contribution in [-0.4, -0.2) is 62.0 Å². The van der Waals surface area contributed by atoms with Crippen LogP contribution in [0, 0.1) is 0 Å². The first-order chi connectivity index (χ1) is 11.2. The SMILES string of the molecule is CN1CCN(CCCNC(=O)c2ccc3ccccc3c2)CC1. The standard InChI is InChI=1S/C19H25N3O/c1-21-11-13-22(14-12-21)10-4-9-20-19(23)18-8-7-16-5-2-3-6-17(16)15-18/h2-3,5-8,15H,4,9-14H2,1H3,(H,20,23). The van der Waals surface area contributed by atoms with Crippen LogP contribution < -0.4 is 5.32 Å². The molecule has 0 saturated carbocycles. The first kappa shape index (κ1) is 16.0. The van der Waals surface area contributed by atoms with Crippen LogP contribution in [-0.2, 0) is 0 Å². The zero-order chi connectivity index (χ0) is 16.1. The number of rotatable bonds is 5. The molecule has 0 aliphatic carbocycles. The Kier molecular flexibility index (Phi) is 5.26. The smallest absolute Gasteiger partial charge is 0.251 e. The second-order valence-electron chi connectivity index (χ2n) is 6.32. The molecule has 23 heavy (non-hydrogen) atoms. The van der Waals surface area contributed by atoms with Gasteiger partial charge in [-0.2, -0.15) is 0 Å². The van der Waals surface area contributed by atoms with Crippen molar-refractivity contribution in [2.45, 2.75) is 6.42 Å². The molecule has 2 aromatic carbocycles. The van der Waals surface area contributed by atoms with Crippen molar-refractivity contribution < 1.29 is 4.79 Å². The summed E-state index contributed by atoms with van der Waals surface area (Å²) in [5.41, 5.74) is 0.739. The fourth-order valence-electron chi connectivity index (χ4n) is 3.01. The van der Waals surface area contributed by atoms with Crippen LogP contribution in [0.15, 0.2) is 42.5 Å². The highest BCUT2D eigenvalue weighted by Gasteiger charge is 2.13. The van der Waals surface area contributed by atoms with Crippen molar-refractivity contribution in [3.8, 4) is 0 Å². The number of piperazine rings is 1. The van der Waals surface area contributed by atoms with Gasteiger partial charge in [0.1, 0.15) is 0 Å². The molecular weight excluding hydrogens is 286 g/mol. The molecule has 4 nitrogen and oxygen atoms in total. The largest absolute Gasteiger partial charge is 0.352 e. The molecule has 1 aliphatic rings. The molecule has 3 rings (SSSR count). The molecule has 0 spiro atoms. The fourth-order valence-corrected chi connectivity index (χ4v) is 3.01. The Morgan fingerprint density at radius 3 is 2.57 bits per heavy atom. The lowest BCUT2D eigenvalue weighted by atomic mass is 10.1. The number of hydrogen-bond donors (Lipinski definition) is 1. The van der Waals surface area contributed by atoms with E-state index in [-0.39, 0.29) is 5.91 Å². The molecule has 1 fully saturated rings. The molecule has 1 saturated heterocycles. The van der Waals surface area contributed by atoms with Crippen molar-refractivity contribution in [1.82, 2.24) is 15.1 Å². The molecule has 2 aromatic rings. The van der Waals surface area contributed by atoms with E-state index in [1.807, 2.05) is 36.4 Å². The monoisotopic (exact) mass is 311 g/mol. The summed E-state index contributed by atoms with van der Waals surface area (Å²) in [6.07, 6.45) is 1.00. The molecule has 0 atom stereocenters. The first-order valence-electron chi connectivity index (χ1n) is 8.40. The predicted molar refractivity (Wildman–Crippen MR) is 94.8 cm³/mol. The highest BCUT2D eigenvalue weighted by molar-refractivity contribution is 5.98. The quantitative estimate of drug-likeness (QED) is 0.860. The lowest BCUT2D eigenvalue weighted by molar-refractivity contribution is 0.0949. The Labute approximate surface area is 138 Å². The molecule has 1 aliphatic heterocycles. The maximum absolute atomic E-state index is 12.3. The maximum atomic E-state index is 12.3. The Morgan fingerprint density at radius 1 is 1.04 bits per heavy atom. The van der Waals surface area contributed by atoms with Gasteiger partial charge in [0.15, 0.2) is 0 Å². The fraction of sp³-hybridized carbons (Fsp3) is 0.421. The van der Waals surface area contributed by atoms with E-state index >= 15 is 0 Å². The van der Waals surface area contributed by atoms with Gasteiger partial charge < -0.3 is 15.1 Å². The molecule has 4 heteroatoms. The maximum Gasteiger partial charge on any atom is 0.251 e. The summed E-state index contributed by atoms with van der Waals surface area (Å²) < 4.78 is 0. The van der Waals surface area contributed by atoms with E-state index in [1.54, 1.807) is 0 Å². The second-order valence-corrected chi connectivity index (χ2v) is 6.32. The van der Waals surface area contributed by atoms with Gasteiger partial charge in [-0.15, -0.1) is 0 Å². The Balaban J connectivity index is 1.45. The van der Waals surface area contributed by atoms with Crippen LogP contribution in [0.25, 0.3) is 10.8 Å². The van der Waals surface area contributed by atoms with Crippen LogP contribution in [0.2, 0.25) is 0 Å². The van der Waals surface area contributed by atoms with Crippen molar-refractivity contribution in [2.24, 2.45) is 0 Å². The van der Waals surface area contributed by atoms with Gasteiger partial charge in [0.05, 0.1) is 0 Å². The van der Waals surface area contributed by atoms with Crippen LogP contribution in [0.5, 0.6) is 0 Å². The number of fused-ring (bicyclic) bond motifs is 1. The van der Waals surface area contributed by atoms with Crippen molar-refractivity contribution in [3.05, 3.63) is 48.0 Å². The molecule has 0 radical (unpaired) electrons. The van der Waals surface area contributed by atoms with Gasteiger partial charge in [0.25, 0.3) is 5.91 Å². The van der Waals surface area contributed by atoms with Crippen LogP contribution in [0.4, 0.5) is 0 Å². The average molecular weight is 311 g/mol. The number of benzene rings is 2. The highest BCUT2D eigenvalue weighted by Crippen LogP contribution is 2.15. The van der Waals surface area contributed by atoms with Gasteiger partial charge in [-0.25, -0.2) is 0 Å². The third kappa shape index (κ3) is 4.30. The molecule has 122 valence electrons. The Morgan fingerprint density at radius 2 is 1.78 bits per heavy atom. The number of carbonyl (C=O) groups excluding carboxylic acids is 1. The summed E-state index contributed by atoms with van der Waals surface area (Å²) in [6.45, 7) is 6.35. The zero-order valence-corrected chi connectivity index (χ0v) is 13.8. The topological polar surface area (TPSA) is 35.6 Å². The molecular formula is C19H25N3O. The number of hydrogen-bond acceptors (Lipinski definition) is 3. The van der Waals surface area contributed by atoms with Gasteiger partial charge in [-0.3, -0.25) is 4.79 Å². The van der Waals surface area contributed by atoms with E-state index in [0.29, 0.717) is 0 Å². The normalized spacial score (nSPS) is 16.6. The van der Waals surface area contributed by atoms with Gasteiger partial charge in [0.2, 0.25) is 0 Å². The lowest BCUT2D eigenvalue weighted by Gasteiger charge is -2.32. The third-order valence-corrected chi connectivity index (χ3v) is 4.54. The van der Waals surface area contributed by atoms with Crippen LogP contribution in [0.3, 0.4) is 0 Å². The van der Waals surface area contributed by atoms with E-state index in [1.165, 1.54) is 5.39 Å². The molecule has 0 bridgehead atoms. The van der Waals surface area contributed by atoms with Crippen molar-refractivity contribution in [2.75, 3.05) is 46.3 Å². The summed E-state index contributed by atoms with van der Waals surface area (Å²) in [7, 11) is 2.17. The van der Waals surface area contributed by atoms with Gasteiger partial charge in [-0.1, -0.05) is 30.3 Å². The zero-order valence-electron chi connectivity index (χ0n) is 13.8. The van der Waals surface area contributed by atoms with Crippen LogP contribution in [0.1, 0.15) is 16.8 Å². The van der Waals surface area contributed by atoms with Gasteiger partial charge in [0, 0.05) is 38.3 Å². The number of likely N-dealkylation sites (N-methyl/N-ethyl adjacent to an activating group) is 1. The van der Waals surface area contributed by atoms with Crippen molar-refractivity contribution >= 4 is 16.7 Å². The van der Waals surface area contributed by atoms with Crippen LogP contribution >= 0.6 is 0 Å². The predicted octanol–water partition coefficient (Wildman–Crippen LogP) is 2.21. The molecule has 1 amide bonds. The number of nitrogens with one attached hydrogen (secondary N) is 1. The van der Waals surface area contributed by atoms with Crippen molar-refractivity contribution in [3.63, 3.8) is 0 Å². The minimum absolute atomic E-state index is 0.0223. The molecule has 0 aromatic heterocycles. The van der Waals surface area contributed by atoms with E-state index in [2.05, 4.69) is 28.2 Å². The minimum atomic E-state index is 0.0223. The summed E-state index contributed by atoms with van der Waals surface area (Å²) in [4.78, 5) is 17.1. The average Bonchev–Trinajstić information content (AvgIpc) is 2.59. The Hall–Kier alpha value is -1.91. The van der Waals surface area contributed by atoms with E-state index in [4.69, 9.17) is 0 Å². The first-order valence-corrected chi connectivity index (χ1v) is 8.40. The molecule has 0 unspecified atom stereocenters. The van der Waals surface area contributed by atoms with E-state index in [9.17, 15) is 4.79 Å². The minimum Gasteiger partial charge on any atom is -0.352 e. The summed E-state index contributed by atoms with van der Waals surface area (Å²) in [5.74, 6) is 0.0223. The molecule has 1 heterocycles. The van der Waals surface area contributed by atoms with E-state index < -0.39 is 0 Å². The second kappa shape index (κ2) is 7.57.